The molecule has 36 heavy (non-hydrogen) atoms. The molecule has 8 heteroatoms. The Balaban J connectivity index is 1.67. The van der Waals surface area contributed by atoms with Crippen molar-refractivity contribution >= 4 is 17.6 Å². The molecule has 198 valence electrons. The number of fused-ring (bicyclic) bond motifs is 1. The summed E-state index contributed by atoms with van der Waals surface area (Å²) < 4.78 is 11.2. The number of benzene rings is 1. The molecule has 4 rings (SSSR count). The van der Waals surface area contributed by atoms with Crippen LogP contribution in [0.5, 0.6) is 0 Å². The van der Waals surface area contributed by atoms with E-state index in [1.54, 1.807) is 18.1 Å². The zero-order valence-electron chi connectivity index (χ0n) is 22.1. The molecule has 0 bridgehead atoms. The second-order valence-electron chi connectivity index (χ2n) is 11.0. The van der Waals surface area contributed by atoms with E-state index in [9.17, 15) is 14.4 Å². The summed E-state index contributed by atoms with van der Waals surface area (Å²) in [5.41, 5.74) is 8.02. The zero-order valence-corrected chi connectivity index (χ0v) is 22.1. The number of methoxy groups -OCH3 is 1. The Bertz CT molecular complexity index is 972. The van der Waals surface area contributed by atoms with Crippen LogP contribution in [0, 0.1) is 5.92 Å². The van der Waals surface area contributed by atoms with E-state index in [1.807, 2.05) is 12.1 Å². The second kappa shape index (κ2) is 11.4. The van der Waals surface area contributed by atoms with Gasteiger partial charge in [-0.15, -0.1) is 0 Å². The number of carbonyl (C=O) groups is 3. The summed E-state index contributed by atoms with van der Waals surface area (Å²) in [4.78, 5) is 43.4. The second-order valence-corrected chi connectivity index (χ2v) is 11.0. The van der Waals surface area contributed by atoms with Crippen LogP contribution in [0.4, 0.5) is 0 Å². The third-order valence-corrected chi connectivity index (χ3v) is 8.04. The van der Waals surface area contributed by atoms with E-state index < -0.39 is 24.0 Å². The van der Waals surface area contributed by atoms with Crippen LogP contribution in [-0.4, -0.2) is 85.5 Å². The average Bonchev–Trinajstić information content (AvgIpc) is 3.42. The van der Waals surface area contributed by atoms with Crippen molar-refractivity contribution in [1.29, 1.82) is 0 Å². The summed E-state index contributed by atoms with van der Waals surface area (Å²) >= 11 is 0. The van der Waals surface area contributed by atoms with E-state index in [0.29, 0.717) is 30.0 Å². The Morgan fingerprint density at radius 3 is 2.56 bits per heavy atom. The Morgan fingerprint density at radius 1 is 1.22 bits per heavy atom. The van der Waals surface area contributed by atoms with Crippen molar-refractivity contribution in [3.8, 4) is 0 Å². The van der Waals surface area contributed by atoms with Crippen molar-refractivity contribution in [2.24, 2.45) is 11.7 Å². The lowest BCUT2D eigenvalue weighted by Gasteiger charge is -2.33. The number of Topliss-reactive ketones (excluding diaryl/α,β-unsaturated/α-hetero) is 1. The number of rotatable bonds is 9. The van der Waals surface area contributed by atoms with Crippen LogP contribution in [-0.2, 0) is 19.1 Å². The lowest BCUT2D eigenvalue weighted by molar-refractivity contribution is -0.138. The Hall–Kier alpha value is -2.29. The SMILES string of the molecule is CCCN1CCC(c2ccc(C(N)=O)c([C@H](CC(C)C)C(=O)N3C[C@@H](OC)[C@H]4OCC(=O)[C@H]43)c2)CC1. The number of nitrogens with two attached hydrogens (primary N) is 1. The van der Waals surface area contributed by atoms with Gasteiger partial charge in [0.05, 0.1) is 12.5 Å². The van der Waals surface area contributed by atoms with Gasteiger partial charge in [0.1, 0.15) is 24.9 Å². The van der Waals surface area contributed by atoms with Crippen molar-refractivity contribution in [1.82, 2.24) is 9.80 Å². The van der Waals surface area contributed by atoms with Crippen molar-refractivity contribution in [3.63, 3.8) is 0 Å². The number of ether oxygens (including phenoxy) is 2. The maximum Gasteiger partial charge on any atom is 0.249 e. The highest BCUT2D eigenvalue weighted by atomic mass is 16.5. The molecule has 3 fully saturated rings. The van der Waals surface area contributed by atoms with E-state index in [-0.39, 0.29) is 30.3 Å². The molecular weight excluding hydrogens is 458 g/mol. The summed E-state index contributed by atoms with van der Waals surface area (Å²) in [6, 6.07) is 5.20. The zero-order chi connectivity index (χ0) is 26.0. The minimum atomic E-state index is -0.639. The van der Waals surface area contributed by atoms with Gasteiger partial charge in [-0.3, -0.25) is 14.4 Å². The molecule has 0 aliphatic carbocycles. The molecule has 3 heterocycles. The van der Waals surface area contributed by atoms with Crippen LogP contribution < -0.4 is 5.73 Å². The molecule has 3 aliphatic rings. The molecule has 2 N–H and O–H groups in total. The van der Waals surface area contributed by atoms with Crippen molar-refractivity contribution in [3.05, 3.63) is 34.9 Å². The molecule has 0 unspecified atom stereocenters. The van der Waals surface area contributed by atoms with Crippen LogP contribution in [0.3, 0.4) is 0 Å². The van der Waals surface area contributed by atoms with E-state index in [2.05, 4.69) is 25.7 Å². The number of carbonyl (C=O) groups excluding carboxylic acids is 3. The molecule has 1 aromatic rings. The first-order valence-electron chi connectivity index (χ1n) is 13.4. The highest BCUT2D eigenvalue weighted by Crippen LogP contribution is 2.37. The van der Waals surface area contributed by atoms with Crippen LogP contribution in [0.1, 0.15) is 79.8 Å². The number of primary amides is 1. The van der Waals surface area contributed by atoms with Gasteiger partial charge in [0.2, 0.25) is 11.8 Å². The van der Waals surface area contributed by atoms with Crippen molar-refractivity contribution in [2.45, 2.75) is 76.5 Å². The third-order valence-electron chi connectivity index (χ3n) is 8.04. The number of ketones is 1. The number of hydrogen-bond donors (Lipinski definition) is 1. The highest BCUT2D eigenvalue weighted by molar-refractivity contribution is 5.99. The first-order chi connectivity index (χ1) is 17.2. The molecule has 3 aliphatic heterocycles. The molecule has 3 saturated heterocycles. The van der Waals surface area contributed by atoms with Crippen LogP contribution in [0.2, 0.25) is 0 Å². The molecule has 8 nitrogen and oxygen atoms in total. The monoisotopic (exact) mass is 499 g/mol. The molecule has 0 radical (unpaired) electrons. The molecule has 4 atom stereocenters. The summed E-state index contributed by atoms with van der Waals surface area (Å²) in [7, 11) is 1.58. The van der Waals surface area contributed by atoms with Gasteiger partial charge in [-0.25, -0.2) is 0 Å². The van der Waals surface area contributed by atoms with Crippen molar-refractivity contribution in [2.75, 3.05) is 39.9 Å². The predicted molar refractivity (Wildman–Crippen MR) is 137 cm³/mol. The van der Waals surface area contributed by atoms with Gasteiger partial charge in [-0.05, 0) is 74.3 Å². The van der Waals surface area contributed by atoms with E-state index in [1.165, 1.54) is 0 Å². The molecule has 0 aromatic heterocycles. The van der Waals surface area contributed by atoms with Gasteiger partial charge in [-0.2, -0.15) is 0 Å². The van der Waals surface area contributed by atoms with Crippen LogP contribution >= 0.6 is 0 Å². The minimum absolute atomic E-state index is 0.00737. The smallest absolute Gasteiger partial charge is 0.249 e. The number of likely N-dealkylation sites (tertiary alicyclic amines) is 2. The Labute approximate surface area is 214 Å². The van der Waals surface area contributed by atoms with E-state index >= 15 is 0 Å². The first kappa shape index (κ1) is 26.8. The number of piperidine rings is 1. The van der Waals surface area contributed by atoms with E-state index in [4.69, 9.17) is 15.2 Å². The van der Waals surface area contributed by atoms with E-state index in [0.717, 1.165) is 44.5 Å². The number of hydrogen-bond acceptors (Lipinski definition) is 6. The lowest BCUT2D eigenvalue weighted by atomic mass is 9.81. The number of amides is 2. The molecular formula is C28H41N3O5. The fraction of sp³-hybridized carbons (Fsp3) is 0.679. The van der Waals surface area contributed by atoms with Gasteiger partial charge in [-0.1, -0.05) is 32.9 Å². The summed E-state index contributed by atoms with van der Waals surface area (Å²) in [6.45, 7) is 9.84. The summed E-state index contributed by atoms with van der Waals surface area (Å²) in [5, 5.41) is 0. The lowest BCUT2D eigenvalue weighted by Crippen LogP contribution is -2.44. The summed E-state index contributed by atoms with van der Waals surface area (Å²) in [5.74, 6) is -0.781. The molecule has 0 saturated carbocycles. The Morgan fingerprint density at radius 2 is 1.94 bits per heavy atom. The normalized spacial score (nSPS) is 26.0. The predicted octanol–water partition coefficient (Wildman–Crippen LogP) is 2.70. The maximum absolute atomic E-state index is 14.1. The summed E-state index contributed by atoms with van der Waals surface area (Å²) in [6.07, 6.45) is 3.02. The molecule has 2 amide bonds. The molecule has 0 spiro atoms. The van der Waals surface area contributed by atoms with Crippen molar-refractivity contribution < 1.29 is 23.9 Å². The van der Waals surface area contributed by atoms with Gasteiger partial charge >= 0.3 is 0 Å². The van der Waals surface area contributed by atoms with Crippen LogP contribution in [0.25, 0.3) is 0 Å². The highest BCUT2D eigenvalue weighted by Gasteiger charge is 2.53. The topological polar surface area (TPSA) is 102 Å². The van der Waals surface area contributed by atoms with Crippen LogP contribution in [0.15, 0.2) is 18.2 Å². The first-order valence-corrected chi connectivity index (χ1v) is 13.4. The fourth-order valence-electron chi connectivity index (χ4n) is 6.23. The largest absolute Gasteiger partial charge is 0.377 e. The molecule has 1 aromatic carbocycles. The van der Waals surface area contributed by atoms with Gasteiger partial charge in [0.15, 0.2) is 5.78 Å². The number of nitrogens with zero attached hydrogens (tertiary/aromatic N) is 2. The fourth-order valence-corrected chi connectivity index (χ4v) is 6.23. The van der Waals surface area contributed by atoms with Gasteiger partial charge in [0, 0.05) is 12.7 Å². The van der Waals surface area contributed by atoms with Gasteiger partial charge < -0.3 is 25.0 Å². The van der Waals surface area contributed by atoms with Gasteiger partial charge in [0.25, 0.3) is 0 Å². The quantitative estimate of drug-likeness (QED) is 0.561. The standard InChI is InChI=1S/C28H41N3O5/c1-5-10-30-11-8-18(9-12-30)19-6-7-20(27(29)33)21(14-19)22(13-17(2)3)28(34)31-15-24(35-4)26-25(31)23(32)16-36-26/h6-7,14,17-18,22,24-26H,5,8-13,15-16H2,1-4H3,(H2,29,33)/t22-,24+,25+,26+/m0/s1. The Kier molecular flexibility index (Phi) is 8.48. The average molecular weight is 500 g/mol. The maximum atomic E-state index is 14.1. The minimum Gasteiger partial charge on any atom is -0.377 e. The third kappa shape index (κ3) is 5.36.